The number of halogens is 1. The highest BCUT2D eigenvalue weighted by molar-refractivity contribution is 5.17. The first-order chi connectivity index (χ1) is 9.43. The Bertz CT molecular complexity index is 413. The monoisotopic (exact) mass is 284 g/mol. The number of ether oxygens (including phenoxy) is 1. The maximum atomic E-state index is 13.6. The van der Waals surface area contributed by atoms with E-state index >= 15 is 0 Å². The van der Waals surface area contributed by atoms with E-state index in [4.69, 9.17) is 5.73 Å². The number of likely N-dealkylation sites (tertiary alicyclic amines) is 1. The van der Waals surface area contributed by atoms with Crippen LogP contribution in [0.15, 0.2) is 24.3 Å². The molecule has 1 heterocycles. The van der Waals surface area contributed by atoms with Gasteiger partial charge in [-0.2, -0.15) is 0 Å². The Morgan fingerprint density at radius 3 is 2.65 bits per heavy atom. The van der Waals surface area contributed by atoms with E-state index in [1.165, 1.54) is 6.07 Å². The smallest absolute Gasteiger partial charge is 0.131 e. The summed E-state index contributed by atoms with van der Waals surface area (Å²) < 4.78 is 17.8. The Kier molecular flexibility index (Phi) is 6.55. The van der Waals surface area contributed by atoms with Crippen LogP contribution in [0, 0.1) is 5.82 Å². The molecule has 1 aromatic rings. The minimum Gasteiger partial charge on any atom is -0.388 e. The molecule has 1 aliphatic heterocycles. The predicted octanol–water partition coefficient (Wildman–Crippen LogP) is 1.72. The highest BCUT2D eigenvalue weighted by Gasteiger charge is 2.38. The van der Waals surface area contributed by atoms with Crippen molar-refractivity contribution in [1.82, 2.24) is 4.90 Å². The van der Waals surface area contributed by atoms with Gasteiger partial charge < -0.3 is 15.6 Å². The van der Waals surface area contributed by atoms with Crippen LogP contribution in [-0.2, 0) is 11.3 Å². The Morgan fingerprint density at radius 1 is 1.45 bits per heavy atom. The maximum Gasteiger partial charge on any atom is 0.131 e. The number of nitrogens with two attached hydrogens (primary N) is 1. The van der Waals surface area contributed by atoms with E-state index in [0.717, 1.165) is 19.4 Å². The zero-order valence-corrected chi connectivity index (χ0v) is 12.5. The fourth-order valence-corrected chi connectivity index (χ4v) is 2.31. The Hall–Kier alpha value is -1.01. The third-order valence-electron chi connectivity index (χ3n) is 3.60. The summed E-state index contributed by atoms with van der Waals surface area (Å²) in [6.45, 7) is 2.85. The van der Waals surface area contributed by atoms with Crippen molar-refractivity contribution in [2.24, 2.45) is 5.73 Å². The van der Waals surface area contributed by atoms with Gasteiger partial charge >= 0.3 is 0 Å². The van der Waals surface area contributed by atoms with Crippen LogP contribution in [0.25, 0.3) is 0 Å². The van der Waals surface area contributed by atoms with Crippen LogP contribution in [0.3, 0.4) is 0 Å². The predicted molar refractivity (Wildman–Crippen MR) is 77.6 cm³/mol. The molecule has 2 unspecified atom stereocenters. The lowest BCUT2D eigenvalue weighted by Crippen LogP contribution is -2.60. The molecular weight excluding hydrogens is 259 g/mol. The fourth-order valence-electron chi connectivity index (χ4n) is 2.31. The summed E-state index contributed by atoms with van der Waals surface area (Å²) in [6, 6.07) is 6.37. The molecule has 0 saturated carbocycles. The molecule has 5 heteroatoms. The molecule has 114 valence electrons. The zero-order valence-electron chi connectivity index (χ0n) is 12.5. The van der Waals surface area contributed by atoms with Crippen molar-refractivity contribution in [2.75, 3.05) is 20.8 Å². The second-order valence-electron chi connectivity index (χ2n) is 5.26. The van der Waals surface area contributed by atoms with Crippen LogP contribution < -0.4 is 5.73 Å². The summed E-state index contributed by atoms with van der Waals surface area (Å²) >= 11 is 0. The molecule has 20 heavy (non-hydrogen) atoms. The van der Waals surface area contributed by atoms with Crippen molar-refractivity contribution in [1.29, 1.82) is 0 Å². The third kappa shape index (κ3) is 4.24. The molecular formula is C15H25FN2O2. The summed E-state index contributed by atoms with van der Waals surface area (Å²) in [6.07, 6.45) is 1.74. The lowest BCUT2D eigenvalue weighted by Gasteiger charge is -2.45. The van der Waals surface area contributed by atoms with Crippen LogP contribution in [0.5, 0.6) is 0 Å². The lowest BCUT2D eigenvalue weighted by molar-refractivity contribution is -0.135. The summed E-state index contributed by atoms with van der Waals surface area (Å²) in [5.41, 5.74) is 5.45. The first-order valence-corrected chi connectivity index (χ1v) is 6.80. The fraction of sp³-hybridized carbons (Fsp3) is 0.600. The van der Waals surface area contributed by atoms with Gasteiger partial charge in [-0.15, -0.1) is 0 Å². The number of piperidine rings is 1. The largest absolute Gasteiger partial charge is 0.388 e. The van der Waals surface area contributed by atoms with E-state index in [1.807, 2.05) is 4.90 Å². The van der Waals surface area contributed by atoms with Gasteiger partial charge in [0.15, 0.2) is 0 Å². The van der Waals surface area contributed by atoms with Crippen LogP contribution in [0.2, 0.25) is 0 Å². The number of aliphatic hydroxyl groups is 1. The van der Waals surface area contributed by atoms with Crippen molar-refractivity contribution >= 4 is 0 Å². The number of methoxy groups -OCH3 is 1. The molecule has 1 aliphatic rings. The second-order valence-corrected chi connectivity index (χ2v) is 5.26. The lowest BCUT2D eigenvalue weighted by atomic mass is 9.94. The molecule has 2 atom stereocenters. The number of rotatable bonds is 2. The molecule has 3 N–H and O–H groups in total. The average molecular weight is 284 g/mol. The molecule has 2 rings (SSSR count). The van der Waals surface area contributed by atoms with Crippen LogP contribution >= 0.6 is 0 Å². The van der Waals surface area contributed by atoms with E-state index in [2.05, 4.69) is 4.74 Å². The minimum atomic E-state index is -1.06. The molecule has 4 nitrogen and oxygen atoms in total. The SMILES string of the molecule is CC1(O)C(N)CCCN1Cc1ccccc1F.COC. The van der Waals surface area contributed by atoms with Gasteiger partial charge in [0, 0.05) is 38.9 Å². The van der Waals surface area contributed by atoms with Gasteiger partial charge in [0.25, 0.3) is 0 Å². The van der Waals surface area contributed by atoms with Crippen LogP contribution in [0.1, 0.15) is 25.3 Å². The Balaban J connectivity index is 0.000000612. The van der Waals surface area contributed by atoms with Gasteiger partial charge in [-0.1, -0.05) is 18.2 Å². The van der Waals surface area contributed by atoms with Gasteiger partial charge in [0.05, 0.1) is 0 Å². The molecule has 1 aromatic carbocycles. The number of nitrogens with zero attached hydrogens (tertiary/aromatic N) is 1. The molecule has 0 amide bonds. The topological polar surface area (TPSA) is 58.7 Å². The minimum absolute atomic E-state index is 0.234. The highest BCUT2D eigenvalue weighted by atomic mass is 19.1. The van der Waals surface area contributed by atoms with E-state index in [9.17, 15) is 9.50 Å². The first kappa shape index (κ1) is 17.0. The quantitative estimate of drug-likeness (QED) is 0.868. The van der Waals surface area contributed by atoms with Crippen molar-refractivity contribution < 1.29 is 14.2 Å². The number of hydrogen-bond acceptors (Lipinski definition) is 4. The van der Waals surface area contributed by atoms with Gasteiger partial charge in [-0.05, 0) is 25.8 Å². The Labute approximate surface area is 120 Å². The second kappa shape index (κ2) is 7.69. The maximum absolute atomic E-state index is 13.6. The molecule has 1 saturated heterocycles. The normalized spacial score (nSPS) is 26.8. The molecule has 0 spiro atoms. The standard InChI is InChI=1S/C13H19FN2O.C2H6O/c1-13(17)12(15)7-4-8-16(13)9-10-5-2-3-6-11(10)14;1-3-2/h2-3,5-6,12,17H,4,7-9,15H2,1H3;1-2H3. The van der Waals surface area contributed by atoms with E-state index in [-0.39, 0.29) is 11.9 Å². The van der Waals surface area contributed by atoms with Crippen molar-refractivity contribution in [3.8, 4) is 0 Å². The average Bonchev–Trinajstić information content (AvgIpc) is 2.39. The van der Waals surface area contributed by atoms with Crippen LogP contribution in [-0.4, -0.2) is 42.5 Å². The van der Waals surface area contributed by atoms with E-state index < -0.39 is 5.72 Å². The van der Waals surface area contributed by atoms with Crippen molar-refractivity contribution in [3.05, 3.63) is 35.6 Å². The summed E-state index contributed by atoms with van der Waals surface area (Å²) in [5.74, 6) is -0.234. The van der Waals surface area contributed by atoms with Crippen LogP contribution in [0.4, 0.5) is 4.39 Å². The summed E-state index contributed by atoms with van der Waals surface area (Å²) in [5, 5.41) is 10.3. The molecule has 0 aliphatic carbocycles. The highest BCUT2D eigenvalue weighted by Crippen LogP contribution is 2.26. The van der Waals surface area contributed by atoms with Gasteiger partial charge in [-0.25, -0.2) is 4.39 Å². The van der Waals surface area contributed by atoms with E-state index in [0.29, 0.717) is 12.1 Å². The van der Waals surface area contributed by atoms with Crippen molar-refractivity contribution in [2.45, 2.75) is 38.1 Å². The van der Waals surface area contributed by atoms with Gasteiger partial charge in [-0.3, -0.25) is 4.90 Å². The molecule has 1 fully saturated rings. The zero-order chi connectivity index (χ0) is 15.2. The third-order valence-corrected chi connectivity index (χ3v) is 3.60. The van der Waals surface area contributed by atoms with Gasteiger partial charge in [0.1, 0.15) is 11.5 Å². The van der Waals surface area contributed by atoms with E-state index in [1.54, 1.807) is 39.3 Å². The molecule has 0 radical (unpaired) electrons. The molecule has 0 bridgehead atoms. The van der Waals surface area contributed by atoms with Crippen molar-refractivity contribution in [3.63, 3.8) is 0 Å². The Morgan fingerprint density at radius 2 is 2.05 bits per heavy atom. The molecule has 0 aromatic heterocycles. The summed E-state index contributed by atoms with van der Waals surface area (Å²) in [4.78, 5) is 1.85. The first-order valence-electron chi connectivity index (χ1n) is 6.80. The summed E-state index contributed by atoms with van der Waals surface area (Å²) in [7, 11) is 3.25. The number of benzene rings is 1. The number of hydrogen-bond donors (Lipinski definition) is 2. The van der Waals surface area contributed by atoms with Gasteiger partial charge in [0.2, 0.25) is 0 Å².